The number of aryl methyl sites for hydroxylation is 1. The Labute approximate surface area is 197 Å². The quantitative estimate of drug-likeness (QED) is 0.621. The Morgan fingerprint density at radius 3 is 2.73 bits per heavy atom. The molecule has 1 saturated heterocycles. The van der Waals surface area contributed by atoms with Crippen molar-refractivity contribution in [2.45, 2.75) is 70.9 Å². The summed E-state index contributed by atoms with van der Waals surface area (Å²) in [4.78, 5) is 35.2. The predicted molar refractivity (Wildman–Crippen MR) is 134 cm³/mol. The van der Waals surface area contributed by atoms with Crippen LogP contribution in [-0.4, -0.2) is 59.6 Å². The van der Waals surface area contributed by atoms with E-state index in [1.54, 1.807) is 4.57 Å². The molecule has 0 radical (unpaired) electrons. The Kier molecular flexibility index (Phi) is 8.02. The van der Waals surface area contributed by atoms with E-state index in [1.165, 1.54) is 32.1 Å². The van der Waals surface area contributed by atoms with Crippen molar-refractivity contribution in [3.05, 3.63) is 34.6 Å². The largest absolute Gasteiger partial charge is 0.356 e. The predicted octanol–water partition coefficient (Wildman–Crippen LogP) is 3.40. The fourth-order valence-electron chi connectivity index (χ4n) is 5.47. The molecule has 1 aliphatic carbocycles. The van der Waals surface area contributed by atoms with Gasteiger partial charge in [-0.05, 0) is 64.8 Å². The first-order valence-electron chi connectivity index (χ1n) is 12.8. The average Bonchev–Trinajstić information content (AvgIpc) is 2.86. The summed E-state index contributed by atoms with van der Waals surface area (Å²) in [6.45, 7) is 5.64. The highest BCUT2D eigenvalue weighted by atomic mass is 16.2. The van der Waals surface area contributed by atoms with Crippen molar-refractivity contribution in [2.24, 2.45) is 5.92 Å². The molecule has 1 aliphatic heterocycles. The van der Waals surface area contributed by atoms with Gasteiger partial charge in [-0.25, -0.2) is 4.98 Å². The summed E-state index contributed by atoms with van der Waals surface area (Å²) in [5, 5.41) is 3.15. The molecule has 1 atom stereocenters. The molecule has 7 nitrogen and oxygen atoms in total. The second kappa shape index (κ2) is 11.1. The molecule has 1 aromatic heterocycles. The molecule has 4 rings (SSSR count). The molecule has 180 valence electrons. The average molecular weight is 454 g/mol. The lowest BCUT2D eigenvalue weighted by Gasteiger charge is -2.33. The summed E-state index contributed by atoms with van der Waals surface area (Å²) in [5.74, 6) is 0.483. The van der Waals surface area contributed by atoms with Crippen LogP contribution >= 0.6 is 0 Å². The summed E-state index contributed by atoms with van der Waals surface area (Å²) >= 11 is 0. The van der Waals surface area contributed by atoms with Gasteiger partial charge in [-0.3, -0.25) is 9.59 Å². The van der Waals surface area contributed by atoms with Gasteiger partial charge in [0.2, 0.25) is 5.91 Å². The van der Waals surface area contributed by atoms with E-state index in [-0.39, 0.29) is 17.4 Å². The fourth-order valence-corrected chi connectivity index (χ4v) is 5.47. The number of piperidine rings is 1. The van der Waals surface area contributed by atoms with Gasteiger partial charge in [-0.1, -0.05) is 31.4 Å². The van der Waals surface area contributed by atoms with E-state index in [4.69, 9.17) is 4.98 Å². The Morgan fingerprint density at radius 1 is 1.15 bits per heavy atom. The number of fused-ring (bicyclic) bond motifs is 1. The summed E-state index contributed by atoms with van der Waals surface area (Å²) in [7, 11) is 2.22. The molecule has 1 unspecified atom stereocenters. The van der Waals surface area contributed by atoms with Crippen LogP contribution < -0.4 is 15.8 Å². The van der Waals surface area contributed by atoms with Gasteiger partial charge in [-0.2, -0.15) is 0 Å². The number of rotatable bonds is 8. The van der Waals surface area contributed by atoms with Gasteiger partial charge in [-0.15, -0.1) is 0 Å². The highest BCUT2D eigenvalue weighted by Crippen LogP contribution is 2.23. The fraction of sp³-hybridized carbons (Fsp3) is 0.654. The number of hydrogen-bond donors (Lipinski definition) is 1. The van der Waals surface area contributed by atoms with Crippen LogP contribution in [0.25, 0.3) is 11.0 Å². The van der Waals surface area contributed by atoms with Crippen molar-refractivity contribution in [2.75, 3.05) is 38.1 Å². The summed E-state index contributed by atoms with van der Waals surface area (Å²) in [5.41, 5.74) is 1.61. The number of nitrogens with one attached hydrogen (secondary N) is 1. The van der Waals surface area contributed by atoms with Crippen molar-refractivity contribution in [1.29, 1.82) is 0 Å². The van der Waals surface area contributed by atoms with E-state index >= 15 is 0 Å². The molecule has 2 aliphatic rings. The molecule has 1 N–H and O–H groups in total. The number of aromatic nitrogens is 2. The van der Waals surface area contributed by atoms with Gasteiger partial charge < -0.3 is 19.7 Å². The van der Waals surface area contributed by atoms with Crippen molar-refractivity contribution in [3.8, 4) is 0 Å². The van der Waals surface area contributed by atoms with E-state index < -0.39 is 0 Å². The smallest absolute Gasteiger partial charge is 0.293 e. The van der Waals surface area contributed by atoms with Crippen molar-refractivity contribution in [3.63, 3.8) is 0 Å². The van der Waals surface area contributed by atoms with Crippen LogP contribution in [0.4, 0.5) is 5.82 Å². The Balaban J connectivity index is 1.33. The maximum Gasteiger partial charge on any atom is 0.293 e. The van der Waals surface area contributed by atoms with Gasteiger partial charge in [0.1, 0.15) is 0 Å². The van der Waals surface area contributed by atoms with E-state index in [9.17, 15) is 9.59 Å². The van der Waals surface area contributed by atoms with Crippen LogP contribution in [0.15, 0.2) is 29.1 Å². The number of carbonyl (C=O) groups is 1. The molecule has 33 heavy (non-hydrogen) atoms. The highest BCUT2D eigenvalue weighted by Gasteiger charge is 2.28. The molecule has 0 bridgehead atoms. The first kappa shape index (κ1) is 23.7. The third-order valence-corrected chi connectivity index (χ3v) is 7.43. The standard InChI is InChI=1S/C26H39N5O2/c1-3-31-23-15-8-7-14-22(23)28-24(26(31)33)30-18-9-11-20(19-30)25(32)27-16-10-17-29(2)21-12-5-4-6-13-21/h7-8,14-15,20-21H,3-6,9-13,16-19H2,1-2H3,(H,27,32). The molecule has 2 heterocycles. The zero-order valence-electron chi connectivity index (χ0n) is 20.3. The van der Waals surface area contributed by atoms with Crippen molar-refractivity contribution in [1.82, 2.24) is 19.8 Å². The van der Waals surface area contributed by atoms with Crippen molar-refractivity contribution < 1.29 is 4.79 Å². The number of nitrogens with zero attached hydrogens (tertiary/aromatic N) is 4. The second-order valence-corrected chi connectivity index (χ2v) is 9.68. The maximum absolute atomic E-state index is 13.1. The molecular weight excluding hydrogens is 414 g/mol. The van der Waals surface area contributed by atoms with Crippen LogP contribution in [0.2, 0.25) is 0 Å². The molecule has 7 heteroatoms. The van der Waals surface area contributed by atoms with E-state index in [2.05, 4.69) is 17.3 Å². The monoisotopic (exact) mass is 453 g/mol. The SMILES string of the molecule is CCn1c(=O)c(N2CCCC(C(=O)NCCCN(C)C3CCCCC3)C2)nc2ccccc21. The first-order valence-corrected chi connectivity index (χ1v) is 12.8. The number of amides is 1. The summed E-state index contributed by atoms with van der Waals surface area (Å²) in [6.07, 6.45) is 9.41. The molecule has 1 amide bonds. The van der Waals surface area contributed by atoms with Crippen LogP contribution in [0.1, 0.15) is 58.3 Å². The maximum atomic E-state index is 13.1. The lowest BCUT2D eigenvalue weighted by Crippen LogP contribution is -2.46. The Hall–Kier alpha value is -2.41. The van der Waals surface area contributed by atoms with Crippen LogP contribution in [-0.2, 0) is 11.3 Å². The lowest BCUT2D eigenvalue weighted by molar-refractivity contribution is -0.125. The number of para-hydroxylation sites is 2. The summed E-state index contributed by atoms with van der Waals surface area (Å²) < 4.78 is 1.78. The zero-order chi connectivity index (χ0) is 23.2. The third-order valence-electron chi connectivity index (χ3n) is 7.43. The van der Waals surface area contributed by atoms with Crippen LogP contribution in [0.5, 0.6) is 0 Å². The molecule has 2 fully saturated rings. The number of anilines is 1. The van der Waals surface area contributed by atoms with E-state index in [0.717, 1.165) is 43.4 Å². The summed E-state index contributed by atoms with van der Waals surface area (Å²) in [6, 6.07) is 8.48. The van der Waals surface area contributed by atoms with Crippen LogP contribution in [0.3, 0.4) is 0 Å². The van der Waals surface area contributed by atoms with Crippen LogP contribution in [0, 0.1) is 5.92 Å². The third kappa shape index (κ3) is 5.57. The minimum absolute atomic E-state index is 0.0667. The topological polar surface area (TPSA) is 70.5 Å². The molecule has 0 spiro atoms. The van der Waals surface area contributed by atoms with E-state index in [0.29, 0.717) is 31.5 Å². The number of hydrogen-bond acceptors (Lipinski definition) is 5. The van der Waals surface area contributed by atoms with Gasteiger partial charge >= 0.3 is 0 Å². The van der Waals surface area contributed by atoms with Gasteiger partial charge in [0.05, 0.1) is 17.0 Å². The van der Waals surface area contributed by atoms with Crippen molar-refractivity contribution >= 4 is 22.8 Å². The second-order valence-electron chi connectivity index (χ2n) is 9.68. The molecule has 2 aromatic rings. The molecule has 1 aromatic carbocycles. The minimum atomic E-state index is -0.0995. The zero-order valence-corrected chi connectivity index (χ0v) is 20.3. The van der Waals surface area contributed by atoms with Gasteiger partial charge in [0, 0.05) is 32.2 Å². The Bertz CT molecular complexity index is 998. The van der Waals surface area contributed by atoms with Gasteiger partial charge in [0.15, 0.2) is 5.82 Å². The highest BCUT2D eigenvalue weighted by molar-refractivity contribution is 5.80. The minimum Gasteiger partial charge on any atom is -0.356 e. The normalized spacial score (nSPS) is 19.8. The number of carbonyl (C=O) groups excluding carboxylic acids is 1. The first-order chi connectivity index (χ1) is 16.1. The number of benzene rings is 1. The lowest BCUT2D eigenvalue weighted by atomic mass is 9.94. The molecular formula is C26H39N5O2. The Morgan fingerprint density at radius 2 is 1.94 bits per heavy atom. The molecule has 1 saturated carbocycles. The van der Waals surface area contributed by atoms with E-state index in [1.807, 2.05) is 36.1 Å². The van der Waals surface area contributed by atoms with Gasteiger partial charge in [0.25, 0.3) is 5.56 Å².